The predicted molar refractivity (Wildman–Crippen MR) is 182 cm³/mol. The van der Waals surface area contributed by atoms with E-state index in [9.17, 15) is 53.7 Å². The van der Waals surface area contributed by atoms with Gasteiger partial charge in [0, 0.05) is 6.42 Å². The standard InChI is InChI=1S/C32H50N8O12/c1-4-16(2)25(31(50)39-23(15-43)32(51)52)40-30(49)22(14-42)38-28(47)20(10-11-24(34)44)36-29(48)21(13-41)37-26(45)17(3)35-27(46)19(33)12-18-8-6-5-7-9-18/h5-9,16-17,19-23,25,41-43H,4,10-15,33H2,1-3H3,(H2,34,44)(H,35,46)(H,36,48)(H,37,45)(H,38,47)(H,39,50)(H,40,49)(H,51,52)/t16-,17-,19-,20-,21-,22-,23-,25-/m0/s1. The fraction of sp³-hybridized carbons (Fsp3) is 0.562. The van der Waals surface area contributed by atoms with E-state index in [0.29, 0.717) is 6.42 Å². The number of nitrogens with one attached hydrogen (secondary N) is 6. The number of rotatable bonds is 23. The molecule has 8 atom stereocenters. The molecule has 1 rings (SSSR count). The van der Waals surface area contributed by atoms with Crippen LogP contribution in [0, 0.1) is 5.92 Å². The minimum atomic E-state index is -1.72. The fourth-order valence-electron chi connectivity index (χ4n) is 4.53. The first-order valence-electron chi connectivity index (χ1n) is 16.4. The third kappa shape index (κ3) is 15.0. The van der Waals surface area contributed by atoms with Gasteiger partial charge in [-0.15, -0.1) is 0 Å². The molecule has 0 spiro atoms. The highest BCUT2D eigenvalue weighted by molar-refractivity contribution is 5.97. The third-order valence-corrected chi connectivity index (χ3v) is 7.92. The summed E-state index contributed by atoms with van der Waals surface area (Å²) in [4.78, 5) is 100. The molecule has 0 unspecified atom stereocenters. The Morgan fingerprint density at radius 3 is 1.63 bits per heavy atom. The summed E-state index contributed by atoms with van der Waals surface area (Å²) in [5.74, 6) is -8.76. The van der Waals surface area contributed by atoms with Crippen molar-refractivity contribution >= 4 is 47.3 Å². The molecule has 7 amide bonds. The van der Waals surface area contributed by atoms with Gasteiger partial charge in [-0.05, 0) is 31.2 Å². The van der Waals surface area contributed by atoms with E-state index >= 15 is 0 Å². The molecule has 0 aliphatic rings. The van der Waals surface area contributed by atoms with E-state index in [1.807, 2.05) is 0 Å². The minimum Gasteiger partial charge on any atom is -0.480 e. The number of primary amides is 1. The van der Waals surface area contributed by atoms with E-state index in [1.54, 1.807) is 44.2 Å². The van der Waals surface area contributed by atoms with E-state index in [-0.39, 0.29) is 6.42 Å². The zero-order chi connectivity index (χ0) is 39.5. The van der Waals surface area contributed by atoms with Crippen LogP contribution in [0.4, 0.5) is 0 Å². The molecule has 20 heteroatoms. The molecule has 52 heavy (non-hydrogen) atoms. The zero-order valence-corrected chi connectivity index (χ0v) is 29.2. The van der Waals surface area contributed by atoms with Crippen molar-refractivity contribution in [1.82, 2.24) is 31.9 Å². The van der Waals surface area contributed by atoms with Crippen molar-refractivity contribution in [2.45, 2.75) is 88.7 Å². The Morgan fingerprint density at radius 2 is 1.13 bits per heavy atom. The van der Waals surface area contributed by atoms with Crippen molar-refractivity contribution in [1.29, 1.82) is 0 Å². The molecule has 14 N–H and O–H groups in total. The van der Waals surface area contributed by atoms with E-state index in [0.717, 1.165) is 5.56 Å². The molecule has 290 valence electrons. The summed E-state index contributed by atoms with van der Waals surface area (Å²) in [6.45, 7) is 1.64. The van der Waals surface area contributed by atoms with Crippen molar-refractivity contribution in [2.75, 3.05) is 19.8 Å². The second-order valence-electron chi connectivity index (χ2n) is 12.0. The zero-order valence-electron chi connectivity index (χ0n) is 29.2. The topological polar surface area (TPSA) is 342 Å². The van der Waals surface area contributed by atoms with Gasteiger partial charge >= 0.3 is 5.97 Å². The highest BCUT2D eigenvalue weighted by Gasteiger charge is 2.34. The summed E-state index contributed by atoms with van der Waals surface area (Å²) in [7, 11) is 0. The quantitative estimate of drug-likeness (QED) is 0.0500. The molecule has 0 aromatic heterocycles. The van der Waals surface area contributed by atoms with Gasteiger partial charge in [-0.1, -0.05) is 50.6 Å². The van der Waals surface area contributed by atoms with Crippen molar-refractivity contribution in [3.63, 3.8) is 0 Å². The molecule has 0 radical (unpaired) electrons. The number of aliphatic carboxylic acids is 1. The Bertz CT molecular complexity index is 1400. The summed E-state index contributed by atoms with van der Waals surface area (Å²) < 4.78 is 0. The Balaban J connectivity index is 3.00. The molecule has 0 saturated carbocycles. The molecule has 0 heterocycles. The lowest BCUT2D eigenvalue weighted by atomic mass is 9.97. The van der Waals surface area contributed by atoms with Crippen LogP contribution < -0.4 is 43.4 Å². The molecule has 0 bridgehead atoms. The number of carbonyl (C=O) groups is 8. The third-order valence-electron chi connectivity index (χ3n) is 7.92. The van der Waals surface area contributed by atoms with Gasteiger partial charge in [-0.25, -0.2) is 4.79 Å². The largest absolute Gasteiger partial charge is 0.480 e. The predicted octanol–water partition coefficient (Wildman–Crippen LogP) is -5.14. The fourth-order valence-corrected chi connectivity index (χ4v) is 4.53. The number of hydrogen-bond donors (Lipinski definition) is 12. The van der Waals surface area contributed by atoms with Crippen LogP contribution in [0.25, 0.3) is 0 Å². The summed E-state index contributed by atoms with van der Waals surface area (Å²) >= 11 is 0. The van der Waals surface area contributed by atoms with E-state index < -0.39 is 128 Å². The molecule has 0 aliphatic carbocycles. The van der Waals surface area contributed by atoms with Gasteiger partial charge in [-0.2, -0.15) is 0 Å². The Kier molecular flexibility index (Phi) is 19.5. The number of carboxylic acid groups (broad SMARTS) is 1. The van der Waals surface area contributed by atoms with E-state index in [2.05, 4.69) is 31.9 Å². The van der Waals surface area contributed by atoms with Gasteiger partial charge in [0.2, 0.25) is 41.4 Å². The number of aliphatic hydroxyl groups excluding tert-OH is 3. The highest BCUT2D eigenvalue weighted by Crippen LogP contribution is 2.10. The lowest BCUT2D eigenvalue weighted by Crippen LogP contribution is -2.61. The van der Waals surface area contributed by atoms with Crippen LogP contribution in [0.2, 0.25) is 0 Å². The average molecular weight is 739 g/mol. The van der Waals surface area contributed by atoms with Gasteiger partial charge in [0.15, 0.2) is 0 Å². The summed E-state index contributed by atoms with van der Waals surface area (Å²) in [5.41, 5.74) is 11.9. The first-order chi connectivity index (χ1) is 24.5. The average Bonchev–Trinajstić information content (AvgIpc) is 3.11. The summed E-state index contributed by atoms with van der Waals surface area (Å²) in [6.07, 6.45) is -0.354. The second-order valence-corrected chi connectivity index (χ2v) is 12.0. The lowest BCUT2D eigenvalue weighted by molar-refractivity contribution is -0.143. The number of amides is 7. The number of carboxylic acids is 1. The Labute approximate surface area is 299 Å². The molecule has 0 aliphatic heterocycles. The highest BCUT2D eigenvalue weighted by atomic mass is 16.4. The molecule has 0 fully saturated rings. The van der Waals surface area contributed by atoms with Crippen molar-refractivity contribution < 1.29 is 58.8 Å². The normalized spacial score (nSPS) is 15.5. The first-order valence-corrected chi connectivity index (χ1v) is 16.4. The van der Waals surface area contributed by atoms with Crippen LogP contribution in [0.5, 0.6) is 0 Å². The van der Waals surface area contributed by atoms with E-state index in [4.69, 9.17) is 16.6 Å². The van der Waals surface area contributed by atoms with Gasteiger partial charge in [0.1, 0.15) is 36.3 Å². The SMILES string of the molecule is CC[C@H](C)[C@H](NC(=O)[C@H](CO)NC(=O)[C@H](CCC(N)=O)NC(=O)[C@H](CO)NC(=O)[C@H](C)NC(=O)[C@@H](N)Cc1ccccc1)C(=O)N[C@@H](CO)C(=O)O. The van der Waals surface area contributed by atoms with Crippen LogP contribution in [0.3, 0.4) is 0 Å². The van der Waals surface area contributed by atoms with Gasteiger partial charge < -0.3 is 63.8 Å². The number of carbonyl (C=O) groups excluding carboxylic acids is 7. The molecule has 1 aromatic carbocycles. The maximum absolute atomic E-state index is 13.2. The van der Waals surface area contributed by atoms with Crippen molar-refractivity contribution in [3.05, 3.63) is 35.9 Å². The maximum atomic E-state index is 13.2. The van der Waals surface area contributed by atoms with Crippen LogP contribution in [0.15, 0.2) is 30.3 Å². The monoisotopic (exact) mass is 738 g/mol. The van der Waals surface area contributed by atoms with E-state index in [1.165, 1.54) is 6.92 Å². The molecule has 1 aromatic rings. The molecular formula is C32H50N8O12. The summed E-state index contributed by atoms with van der Waals surface area (Å²) in [5, 5.41) is 51.7. The number of aliphatic hydroxyl groups is 3. The number of nitrogens with two attached hydrogens (primary N) is 2. The number of hydrogen-bond acceptors (Lipinski definition) is 12. The maximum Gasteiger partial charge on any atom is 0.328 e. The van der Waals surface area contributed by atoms with Crippen LogP contribution in [-0.4, -0.2) is 130 Å². The molecule has 0 saturated heterocycles. The Hall–Kier alpha value is -5.18. The number of benzene rings is 1. The molecule has 20 nitrogen and oxygen atoms in total. The Morgan fingerprint density at radius 1 is 0.654 bits per heavy atom. The van der Waals surface area contributed by atoms with Crippen LogP contribution >= 0.6 is 0 Å². The van der Waals surface area contributed by atoms with Crippen molar-refractivity contribution in [2.24, 2.45) is 17.4 Å². The lowest BCUT2D eigenvalue weighted by Gasteiger charge is -2.28. The summed E-state index contributed by atoms with van der Waals surface area (Å²) in [6, 6.07) is -1.34. The second kappa shape index (κ2) is 22.6. The van der Waals surface area contributed by atoms with Crippen LogP contribution in [0.1, 0.15) is 45.6 Å². The molecular weight excluding hydrogens is 688 g/mol. The minimum absolute atomic E-state index is 0.182. The van der Waals surface area contributed by atoms with Gasteiger partial charge in [-0.3, -0.25) is 33.6 Å². The van der Waals surface area contributed by atoms with Gasteiger partial charge in [0.25, 0.3) is 0 Å². The van der Waals surface area contributed by atoms with Crippen molar-refractivity contribution in [3.8, 4) is 0 Å². The van der Waals surface area contributed by atoms with Crippen LogP contribution in [-0.2, 0) is 44.8 Å². The smallest absolute Gasteiger partial charge is 0.328 e. The van der Waals surface area contributed by atoms with Gasteiger partial charge in [0.05, 0.1) is 25.9 Å². The first kappa shape index (κ1) is 44.8.